The number of carbonyl (C=O) groups excluding carboxylic acids is 1. The van der Waals surface area contributed by atoms with Gasteiger partial charge in [-0.3, -0.25) is 4.79 Å². The van der Waals surface area contributed by atoms with Gasteiger partial charge in [0.2, 0.25) is 5.91 Å². The van der Waals surface area contributed by atoms with Crippen molar-refractivity contribution >= 4 is 17.5 Å². The minimum absolute atomic E-state index is 0.0813. The van der Waals surface area contributed by atoms with E-state index in [1.165, 1.54) is 7.11 Å². The minimum atomic E-state index is -0.0813. The van der Waals surface area contributed by atoms with E-state index in [0.717, 1.165) is 24.7 Å². The molecule has 132 valence electrons. The first-order valence-corrected chi connectivity index (χ1v) is 8.20. The van der Waals surface area contributed by atoms with Crippen LogP contribution in [0.1, 0.15) is 0 Å². The van der Waals surface area contributed by atoms with Crippen molar-refractivity contribution in [3.05, 3.63) is 12.4 Å². The molecule has 0 unspecified atom stereocenters. The van der Waals surface area contributed by atoms with Gasteiger partial charge in [-0.1, -0.05) is 0 Å². The second-order valence-electron chi connectivity index (χ2n) is 6.57. The molecule has 2 fully saturated rings. The first kappa shape index (κ1) is 16.9. The number of hydrogen-bond acceptors (Lipinski definition) is 7. The molecule has 0 aromatic carbocycles. The Morgan fingerprint density at radius 3 is 3.04 bits per heavy atom. The lowest BCUT2D eigenvalue weighted by Gasteiger charge is -2.22. The fraction of sp³-hybridized carbons (Fsp3) is 0.688. The third-order valence-corrected chi connectivity index (χ3v) is 4.70. The van der Waals surface area contributed by atoms with E-state index in [1.807, 2.05) is 25.1 Å². The molecule has 0 saturated carbocycles. The lowest BCUT2D eigenvalue weighted by Crippen LogP contribution is -2.36. The van der Waals surface area contributed by atoms with E-state index in [2.05, 4.69) is 20.2 Å². The molecule has 3 heterocycles. The van der Waals surface area contributed by atoms with Crippen molar-refractivity contribution < 1.29 is 14.3 Å². The second-order valence-corrected chi connectivity index (χ2v) is 6.57. The van der Waals surface area contributed by atoms with Crippen LogP contribution in [0.4, 0.5) is 11.6 Å². The van der Waals surface area contributed by atoms with E-state index >= 15 is 0 Å². The smallest absolute Gasteiger partial charge is 0.245 e. The van der Waals surface area contributed by atoms with Gasteiger partial charge in [0.25, 0.3) is 0 Å². The molecule has 0 bridgehead atoms. The third kappa shape index (κ3) is 3.59. The lowest BCUT2D eigenvalue weighted by atomic mass is 9.93. The van der Waals surface area contributed by atoms with Gasteiger partial charge in [-0.15, -0.1) is 0 Å². The molecule has 1 N–H and O–H groups in total. The zero-order chi connectivity index (χ0) is 17.1. The van der Waals surface area contributed by atoms with Crippen LogP contribution in [0.25, 0.3) is 0 Å². The average molecular weight is 335 g/mol. The van der Waals surface area contributed by atoms with Gasteiger partial charge in [-0.25, -0.2) is 9.97 Å². The van der Waals surface area contributed by atoms with E-state index in [1.54, 1.807) is 6.33 Å². The second kappa shape index (κ2) is 7.31. The van der Waals surface area contributed by atoms with Gasteiger partial charge < -0.3 is 24.6 Å². The van der Waals surface area contributed by atoms with E-state index in [4.69, 9.17) is 9.47 Å². The number of amides is 1. The molecule has 0 aliphatic carbocycles. The van der Waals surface area contributed by atoms with Gasteiger partial charge in [-0.05, 0) is 0 Å². The maximum Gasteiger partial charge on any atom is 0.245 e. The van der Waals surface area contributed by atoms with Crippen LogP contribution in [0.2, 0.25) is 0 Å². The van der Waals surface area contributed by atoms with Crippen LogP contribution in [0.5, 0.6) is 0 Å². The Hall–Kier alpha value is -1.93. The highest BCUT2D eigenvalue weighted by Crippen LogP contribution is 2.35. The Morgan fingerprint density at radius 1 is 1.46 bits per heavy atom. The molecular weight excluding hydrogens is 310 g/mol. The normalized spacial score (nSPS) is 25.6. The number of rotatable bonds is 6. The van der Waals surface area contributed by atoms with Crippen molar-refractivity contribution in [2.24, 2.45) is 11.8 Å². The molecule has 24 heavy (non-hydrogen) atoms. The predicted octanol–water partition coefficient (Wildman–Crippen LogP) is -0.244. The molecule has 8 heteroatoms. The third-order valence-electron chi connectivity index (χ3n) is 4.70. The quantitative estimate of drug-likeness (QED) is 0.768. The van der Waals surface area contributed by atoms with Crippen molar-refractivity contribution in [1.82, 2.24) is 15.3 Å². The highest BCUT2D eigenvalue weighted by atomic mass is 16.5. The van der Waals surface area contributed by atoms with Crippen LogP contribution >= 0.6 is 0 Å². The van der Waals surface area contributed by atoms with Crippen molar-refractivity contribution in [1.29, 1.82) is 0 Å². The molecule has 8 nitrogen and oxygen atoms in total. The maximum absolute atomic E-state index is 11.6. The van der Waals surface area contributed by atoms with Gasteiger partial charge in [-0.2, -0.15) is 0 Å². The summed E-state index contributed by atoms with van der Waals surface area (Å²) < 4.78 is 10.8. The van der Waals surface area contributed by atoms with Crippen LogP contribution in [-0.2, 0) is 14.3 Å². The summed E-state index contributed by atoms with van der Waals surface area (Å²) in [7, 11) is 5.45. The predicted molar refractivity (Wildman–Crippen MR) is 90.2 cm³/mol. The molecule has 2 aliphatic rings. The average Bonchev–Trinajstić information content (AvgIpc) is 3.14. The molecule has 1 amide bonds. The van der Waals surface area contributed by atoms with Gasteiger partial charge in [0, 0.05) is 58.7 Å². The van der Waals surface area contributed by atoms with Crippen LogP contribution in [0, 0.1) is 11.8 Å². The molecule has 1 aromatic rings. The van der Waals surface area contributed by atoms with E-state index < -0.39 is 0 Å². The number of methoxy groups -OCH3 is 1. The van der Waals surface area contributed by atoms with Gasteiger partial charge in [0.05, 0.1) is 12.7 Å². The number of hydrogen-bond donors (Lipinski definition) is 1. The molecule has 2 aliphatic heterocycles. The summed E-state index contributed by atoms with van der Waals surface area (Å²) in [5.74, 6) is 2.47. The number of fused-ring (bicyclic) bond motifs is 1. The van der Waals surface area contributed by atoms with Crippen LogP contribution in [0.15, 0.2) is 12.4 Å². The molecule has 1 aromatic heterocycles. The van der Waals surface area contributed by atoms with E-state index in [-0.39, 0.29) is 18.6 Å². The number of ether oxygens (including phenoxy) is 2. The molecular formula is C16H25N5O3. The molecule has 3 rings (SSSR count). The highest BCUT2D eigenvalue weighted by molar-refractivity contribution is 5.77. The molecule has 2 saturated heterocycles. The fourth-order valence-corrected chi connectivity index (χ4v) is 3.38. The summed E-state index contributed by atoms with van der Waals surface area (Å²) in [5.41, 5.74) is 0. The monoisotopic (exact) mass is 335 g/mol. The van der Waals surface area contributed by atoms with Gasteiger partial charge in [0.1, 0.15) is 24.6 Å². The molecule has 0 radical (unpaired) electrons. The van der Waals surface area contributed by atoms with Crippen molar-refractivity contribution in [2.45, 2.75) is 6.10 Å². The summed E-state index contributed by atoms with van der Waals surface area (Å²) in [4.78, 5) is 24.4. The molecule has 3 atom stereocenters. The number of carbonyl (C=O) groups is 1. The summed E-state index contributed by atoms with van der Waals surface area (Å²) >= 11 is 0. The summed E-state index contributed by atoms with van der Waals surface area (Å²) in [6.45, 7) is 3.14. The number of nitrogens with one attached hydrogen (secondary N) is 1. The van der Waals surface area contributed by atoms with Crippen LogP contribution in [0.3, 0.4) is 0 Å². The Bertz CT molecular complexity index is 583. The highest BCUT2D eigenvalue weighted by Gasteiger charge is 2.44. The summed E-state index contributed by atoms with van der Waals surface area (Å²) in [6, 6.07) is 2.00. The first-order chi connectivity index (χ1) is 11.6. The van der Waals surface area contributed by atoms with E-state index in [9.17, 15) is 4.79 Å². The Labute approximate surface area is 142 Å². The standard InChI is InChI=1S/C16H25N5O3/c1-20(2)14-4-15(19-10-18-14)21-6-12-11(8-24-13(12)7-21)5-17-16(22)9-23-3/h4,10-13H,5-9H2,1-3H3,(H,17,22)/t11-,12+,13+/m0/s1. The van der Waals surface area contributed by atoms with Gasteiger partial charge >= 0.3 is 0 Å². The number of nitrogens with zero attached hydrogens (tertiary/aromatic N) is 4. The Kier molecular flexibility index (Phi) is 5.15. The van der Waals surface area contributed by atoms with Crippen LogP contribution < -0.4 is 15.1 Å². The minimum Gasteiger partial charge on any atom is -0.376 e. The van der Waals surface area contributed by atoms with Gasteiger partial charge in [0.15, 0.2) is 0 Å². The zero-order valence-electron chi connectivity index (χ0n) is 14.4. The lowest BCUT2D eigenvalue weighted by molar-refractivity contribution is -0.124. The maximum atomic E-state index is 11.6. The topological polar surface area (TPSA) is 79.8 Å². The summed E-state index contributed by atoms with van der Waals surface area (Å²) in [6.07, 6.45) is 1.80. The largest absolute Gasteiger partial charge is 0.376 e. The van der Waals surface area contributed by atoms with Crippen molar-refractivity contribution in [2.75, 3.05) is 63.9 Å². The number of aromatic nitrogens is 2. The Morgan fingerprint density at radius 2 is 2.29 bits per heavy atom. The van der Waals surface area contributed by atoms with E-state index in [0.29, 0.717) is 25.0 Å². The number of anilines is 2. The zero-order valence-corrected chi connectivity index (χ0v) is 14.4. The van der Waals surface area contributed by atoms with Crippen molar-refractivity contribution in [3.8, 4) is 0 Å². The van der Waals surface area contributed by atoms with Crippen LogP contribution in [-0.4, -0.2) is 76.0 Å². The SMILES string of the molecule is COCC(=O)NC[C@H]1CO[C@@H]2CN(c3cc(N(C)C)ncn3)C[C@H]12. The summed E-state index contributed by atoms with van der Waals surface area (Å²) in [5, 5.41) is 2.92. The fourth-order valence-electron chi connectivity index (χ4n) is 3.38. The Balaban J connectivity index is 1.60. The van der Waals surface area contributed by atoms with Crippen molar-refractivity contribution in [3.63, 3.8) is 0 Å². The molecule has 0 spiro atoms. The first-order valence-electron chi connectivity index (χ1n) is 8.20.